The van der Waals surface area contributed by atoms with Crippen LogP contribution in [0.4, 0.5) is 0 Å². The lowest BCUT2D eigenvalue weighted by Gasteiger charge is -2.23. The van der Waals surface area contributed by atoms with Gasteiger partial charge in [0.25, 0.3) is 0 Å². The third-order valence-corrected chi connectivity index (χ3v) is 1.75. The van der Waals surface area contributed by atoms with Crippen LogP contribution in [-0.2, 0) is 4.79 Å². The van der Waals surface area contributed by atoms with Crippen LogP contribution in [0.15, 0.2) is 0 Å². The van der Waals surface area contributed by atoms with Crippen LogP contribution in [0.5, 0.6) is 0 Å². The monoisotopic (exact) mass is 186 g/mol. The number of hydrogen-bond acceptors (Lipinski definition) is 2. The number of likely N-dealkylation sites (N-methyl/N-ethyl adjacent to an activating group) is 1. The fourth-order valence-corrected chi connectivity index (χ4v) is 0.934. The quantitative estimate of drug-likeness (QED) is 0.716. The minimum absolute atomic E-state index is 0.0887. The molecule has 0 aliphatic rings. The van der Waals surface area contributed by atoms with E-state index in [0.717, 1.165) is 6.54 Å². The Morgan fingerprint density at radius 1 is 1.38 bits per heavy atom. The van der Waals surface area contributed by atoms with E-state index in [-0.39, 0.29) is 17.4 Å². The molecule has 0 heterocycles. The van der Waals surface area contributed by atoms with Gasteiger partial charge in [0.2, 0.25) is 5.91 Å². The molecule has 0 bridgehead atoms. The molecular weight excluding hydrogens is 164 g/mol. The van der Waals surface area contributed by atoms with Crippen molar-refractivity contribution in [3.05, 3.63) is 0 Å². The fourth-order valence-electron chi connectivity index (χ4n) is 0.934. The molecular formula is C10H22N2O. The van der Waals surface area contributed by atoms with Crippen LogP contribution in [0, 0.1) is 5.41 Å². The van der Waals surface area contributed by atoms with Gasteiger partial charge in [-0.05, 0) is 12.3 Å². The Morgan fingerprint density at radius 2 is 1.85 bits per heavy atom. The van der Waals surface area contributed by atoms with Crippen LogP contribution in [0.2, 0.25) is 0 Å². The number of hydrogen-bond donors (Lipinski definition) is 1. The molecule has 1 amide bonds. The molecule has 1 atom stereocenters. The Kier molecular flexibility index (Phi) is 4.40. The molecule has 13 heavy (non-hydrogen) atoms. The summed E-state index contributed by atoms with van der Waals surface area (Å²) in [5.41, 5.74) is 0.223. The standard InChI is InChI=1S/C10H22N2O/c1-8(9(13)12(5)6)11-7-10(2,3)4/h8,11H,7H2,1-6H3. The zero-order valence-corrected chi connectivity index (χ0v) is 9.64. The summed E-state index contributed by atoms with van der Waals surface area (Å²) >= 11 is 0. The van der Waals surface area contributed by atoms with Crippen molar-refractivity contribution in [1.82, 2.24) is 10.2 Å². The highest BCUT2D eigenvalue weighted by atomic mass is 16.2. The lowest BCUT2D eigenvalue weighted by atomic mass is 9.96. The SMILES string of the molecule is CC(NCC(C)(C)C)C(=O)N(C)C. The van der Waals surface area contributed by atoms with E-state index in [2.05, 4.69) is 26.1 Å². The summed E-state index contributed by atoms with van der Waals surface area (Å²) in [4.78, 5) is 13.0. The molecule has 0 aliphatic heterocycles. The second-order valence-corrected chi connectivity index (χ2v) is 4.90. The smallest absolute Gasteiger partial charge is 0.238 e. The fraction of sp³-hybridized carbons (Fsp3) is 0.900. The van der Waals surface area contributed by atoms with Crippen molar-refractivity contribution < 1.29 is 4.79 Å². The van der Waals surface area contributed by atoms with E-state index in [4.69, 9.17) is 0 Å². The molecule has 1 N–H and O–H groups in total. The highest BCUT2D eigenvalue weighted by molar-refractivity contribution is 5.80. The first kappa shape index (κ1) is 12.4. The predicted octanol–water partition coefficient (Wildman–Crippen LogP) is 1.10. The number of nitrogens with one attached hydrogen (secondary N) is 1. The summed E-state index contributed by atoms with van der Waals surface area (Å²) in [6.07, 6.45) is 0. The Morgan fingerprint density at radius 3 is 2.15 bits per heavy atom. The normalized spacial score (nSPS) is 14.0. The lowest BCUT2D eigenvalue weighted by molar-refractivity contribution is -0.130. The van der Waals surface area contributed by atoms with Crippen molar-refractivity contribution in [3.63, 3.8) is 0 Å². The second kappa shape index (κ2) is 4.61. The van der Waals surface area contributed by atoms with E-state index in [9.17, 15) is 4.79 Å². The first-order valence-corrected chi connectivity index (χ1v) is 4.68. The molecule has 0 aromatic rings. The van der Waals surface area contributed by atoms with E-state index >= 15 is 0 Å². The van der Waals surface area contributed by atoms with Crippen LogP contribution in [0.3, 0.4) is 0 Å². The van der Waals surface area contributed by atoms with Gasteiger partial charge in [-0.1, -0.05) is 20.8 Å². The van der Waals surface area contributed by atoms with Crippen molar-refractivity contribution >= 4 is 5.91 Å². The summed E-state index contributed by atoms with van der Waals surface area (Å²) in [5, 5.41) is 3.21. The highest BCUT2D eigenvalue weighted by Gasteiger charge is 2.17. The van der Waals surface area contributed by atoms with E-state index in [1.54, 1.807) is 19.0 Å². The van der Waals surface area contributed by atoms with Crippen LogP contribution in [0.1, 0.15) is 27.7 Å². The van der Waals surface area contributed by atoms with Crippen LogP contribution < -0.4 is 5.32 Å². The van der Waals surface area contributed by atoms with Crippen LogP contribution in [-0.4, -0.2) is 37.5 Å². The van der Waals surface area contributed by atoms with Crippen molar-refractivity contribution in [2.75, 3.05) is 20.6 Å². The number of rotatable bonds is 3. The van der Waals surface area contributed by atoms with Gasteiger partial charge in [0.05, 0.1) is 6.04 Å². The van der Waals surface area contributed by atoms with Crippen molar-refractivity contribution in [1.29, 1.82) is 0 Å². The van der Waals surface area contributed by atoms with Crippen molar-refractivity contribution in [2.24, 2.45) is 5.41 Å². The van der Waals surface area contributed by atoms with Gasteiger partial charge in [0, 0.05) is 20.6 Å². The van der Waals surface area contributed by atoms with Gasteiger partial charge in [-0.15, -0.1) is 0 Å². The van der Waals surface area contributed by atoms with Crippen molar-refractivity contribution in [3.8, 4) is 0 Å². The van der Waals surface area contributed by atoms with E-state index in [1.807, 2.05) is 6.92 Å². The summed E-state index contributed by atoms with van der Waals surface area (Å²) in [6.45, 7) is 9.19. The minimum atomic E-state index is -0.0887. The Balaban J connectivity index is 3.88. The molecule has 0 rings (SSSR count). The van der Waals surface area contributed by atoms with Crippen LogP contribution >= 0.6 is 0 Å². The number of carbonyl (C=O) groups is 1. The molecule has 3 heteroatoms. The molecule has 0 aromatic carbocycles. The van der Waals surface area contributed by atoms with E-state index < -0.39 is 0 Å². The molecule has 0 spiro atoms. The predicted molar refractivity (Wildman–Crippen MR) is 55.6 cm³/mol. The highest BCUT2D eigenvalue weighted by Crippen LogP contribution is 2.10. The summed E-state index contributed by atoms with van der Waals surface area (Å²) in [7, 11) is 3.55. The molecule has 1 unspecified atom stereocenters. The molecule has 0 aliphatic carbocycles. The maximum atomic E-state index is 11.4. The zero-order valence-electron chi connectivity index (χ0n) is 9.64. The van der Waals surface area contributed by atoms with Gasteiger partial charge in [-0.25, -0.2) is 0 Å². The van der Waals surface area contributed by atoms with Gasteiger partial charge in [-0.2, -0.15) is 0 Å². The molecule has 0 saturated heterocycles. The van der Waals surface area contributed by atoms with Gasteiger partial charge in [0.1, 0.15) is 0 Å². The first-order chi connectivity index (χ1) is 5.74. The summed E-state index contributed by atoms with van der Waals surface area (Å²) in [5.74, 6) is 0.129. The Hall–Kier alpha value is -0.570. The van der Waals surface area contributed by atoms with Gasteiger partial charge in [-0.3, -0.25) is 4.79 Å². The maximum absolute atomic E-state index is 11.4. The van der Waals surface area contributed by atoms with E-state index in [1.165, 1.54) is 0 Å². The van der Waals surface area contributed by atoms with Gasteiger partial charge >= 0.3 is 0 Å². The number of nitrogens with zero attached hydrogens (tertiary/aromatic N) is 1. The Bertz CT molecular complexity index is 170. The third-order valence-electron chi connectivity index (χ3n) is 1.75. The molecule has 0 saturated carbocycles. The number of amides is 1. The summed E-state index contributed by atoms with van der Waals surface area (Å²) < 4.78 is 0. The molecule has 0 aromatic heterocycles. The van der Waals surface area contributed by atoms with Crippen LogP contribution in [0.25, 0.3) is 0 Å². The Labute approximate surface area is 81.5 Å². The molecule has 0 fully saturated rings. The average Bonchev–Trinajstić information content (AvgIpc) is 1.97. The van der Waals surface area contributed by atoms with Gasteiger partial charge in [0.15, 0.2) is 0 Å². The molecule has 3 nitrogen and oxygen atoms in total. The largest absolute Gasteiger partial charge is 0.347 e. The third kappa shape index (κ3) is 5.64. The lowest BCUT2D eigenvalue weighted by Crippen LogP contribution is -2.44. The average molecular weight is 186 g/mol. The number of carbonyl (C=O) groups excluding carboxylic acids is 1. The second-order valence-electron chi connectivity index (χ2n) is 4.90. The molecule has 78 valence electrons. The topological polar surface area (TPSA) is 32.3 Å². The maximum Gasteiger partial charge on any atom is 0.238 e. The first-order valence-electron chi connectivity index (χ1n) is 4.68. The summed E-state index contributed by atoms with van der Waals surface area (Å²) in [6, 6.07) is -0.0887. The van der Waals surface area contributed by atoms with E-state index in [0.29, 0.717) is 0 Å². The van der Waals surface area contributed by atoms with Gasteiger partial charge < -0.3 is 10.2 Å². The minimum Gasteiger partial charge on any atom is -0.347 e. The molecule has 0 radical (unpaired) electrons. The van der Waals surface area contributed by atoms with Crippen molar-refractivity contribution in [2.45, 2.75) is 33.7 Å². The zero-order chi connectivity index (χ0) is 10.6.